The minimum atomic E-state index is -0.483. The number of nitriles is 1. The Kier molecular flexibility index (Phi) is 3.69. The molecule has 0 spiro atoms. The van der Waals surface area contributed by atoms with E-state index in [0.717, 1.165) is 0 Å². The minimum Gasteiger partial charge on any atom is -0.391 e. The van der Waals surface area contributed by atoms with E-state index in [9.17, 15) is 5.11 Å². The van der Waals surface area contributed by atoms with Crippen molar-refractivity contribution in [3.63, 3.8) is 0 Å². The monoisotopic (exact) mass is 231 g/mol. The summed E-state index contributed by atoms with van der Waals surface area (Å²) in [6.07, 6.45) is -0.483. The molecule has 4 nitrogen and oxygen atoms in total. The summed E-state index contributed by atoms with van der Waals surface area (Å²) < 4.78 is 0. The molecule has 1 aromatic rings. The minimum absolute atomic E-state index is 0.122. The molecule has 0 saturated heterocycles. The SMILES string of the molecule is CC(O)C(C)Nc1nc(Cl)c(C#N)s1. The molecule has 6 heteroatoms. The lowest BCUT2D eigenvalue weighted by atomic mass is 10.2. The molecule has 0 bridgehead atoms. The lowest BCUT2D eigenvalue weighted by Gasteiger charge is -2.14. The molecule has 0 saturated carbocycles. The number of halogens is 1. The Morgan fingerprint density at radius 1 is 1.64 bits per heavy atom. The second-order valence-corrected chi connectivity index (χ2v) is 4.28. The van der Waals surface area contributed by atoms with Crippen molar-refractivity contribution in [3.8, 4) is 6.07 Å². The van der Waals surface area contributed by atoms with Crippen molar-refractivity contribution in [2.45, 2.75) is 26.0 Å². The van der Waals surface area contributed by atoms with Crippen LogP contribution in [0.4, 0.5) is 5.13 Å². The zero-order chi connectivity index (χ0) is 10.7. The molecule has 0 fully saturated rings. The smallest absolute Gasteiger partial charge is 0.185 e. The highest BCUT2D eigenvalue weighted by atomic mass is 35.5. The topological polar surface area (TPSA) is 68.9 Å². The summed E-state index contributed by atoms with van der Waals surface area (Å²) in [5.74, 6) is 0. The number of aliphatic hydroxyl groups excluding tert-OH is 1. The lowest BCUT2D eigenvalue weighted by Crippen LogP contribution is -2.27. The van der Waals surface area contributed by atoms with Gasteiger partial charge in [-0.05, 0) is 13.8 Å². The van der Waals surface area contributed by atoms with Crippen LogP contribution in [0, 0.1) is 11.3 Å². The van der Waals surface area contributed by atoms with E-state index in [1.165, 1.54) is 11.3 Å². The van der Waals surface area contributed by atoms with Crippen LogP contribution >= 0.6 is 22.9 Å². The molecule has 0 aromatic carbocycles. The zero-order valence-corrected chi connectivity index (χ0v) is 9.35. The molecule has 76 valence electrons. The van der Waals surface area contributed by atoms with Gasteiger partial charge in [-0.25, -0.2) is 4.98 Å². The fourth-order valence-corrected chi connectivity index (χ4v) is 1.79. The van der Waals surface area contributed by atoms with Crippen LogP contribution in [-0.4, -0.2) is 22.2 Å². The summed E-state index contributed by atoms with van der Waals surface area (Å²) in [7, 11) is 0. The Hall–Kier alpha value is -0.830. The van der Waals surface area contributed by atoms with Gasteiger partial charge in [-0.1, -0.05) is 22.9 Å². The van der Waals surface area contributed by atoms with Crippen LogP contribution in [0.5, 0.6) is 0 Å². The van der Waals surface area contributed by atoms with Crippen molar-refractivity contribution in [3.05, 3.63) is 10.0 Å². The maximum Gasteiger partial charge on any atom is 0.185 e. The Bertz CT molecular complexity index is 358. The van der Waals surface area contributed by atoms with Crippen LogP contribution in [0.1, 0.15) is 18.7 Å². The molecule has 1 aromatic heterocycles. The van der Waals surface area contributed by atoms with Gasteiger partial charge >= 0.3 is 0 Å². The van der Waals surface area contributed by atoms with Gasteiger partial charge in [-0.15, -0.1) is 0 Å². The van der Waals surface area contributed by atoms with Gasteiger partial charge in [0.15, 0.2) is 10.3 Å². The summed E-state index contributed by atoms with van der Waals surface area (Å²) >= 11 is 6.86. The van der Waals surface area contributed by atoms with Crippen LogP contribution in [0.15, 0.2) is 0 Å². The van der Waals surface area contributed by atoms with Crippen molar-refractivity contribution in [1.82, 2.24) is 4.98 Å². The largest absolute Gasteiger partial charge is 0.391 e. The van der Waals surface area contributed by atoms with Gasteiger partial charge in [0.1, 0.15) is 10.9 Å². The summed E-state index contributed by atoms with van der Waals surface area (Å²) in [5, 5.41) is 21.6. The molecule has 2 atom stereocenters. The zero-order valence-electron chi connectivity index (χ0n) is 7.78. The molecule has 2 N–H and O–H groups in total. The Morgan fingerprint density at radius 2 is 2.29 bits per heavy atom. The van der Waals surface area contributed by atoms with E-state index in [-0.39, 0.29) is 11.2 Å². The van der Waals surface area contributed by atoms with Gasteiger partial charge in [-0.2, -0.15) is 5.26 Å². The number of aromatic nitrogens is 1. The fourth-order valence-electron chi connectivity index (χ4n) is 0.748. The summed E-state index contributed by atoms with van der Waals surface area (Å²) in [6, 6.07) is 1.82. The molecule has 1 rings (SSSR count). The number of nitrogens with zero attached hydrogens (tertiary/aromatic N) is 2. The van der Waals surface area contributed by atoms with Crippen LogP contribution in [0.25, 0.3) is 0 Å². The highest BCUT2D eigenvalue weighted by Gasteiger charge is 2.13. The van der Waals surface area contributed by atoms with Crippen LogP contribution in [0.2, 0.25) is 5.15 Å². The maximum absolute atomic E-state index is 9.23. The van der Waals surface area contributed by atoms with E-state index in [1.54, 1.807) is 6.92 Å². The predicted molar refractivity (Wildman–Crippen MR) is 56.6 cm³/mol. The third-order valence-corrected chi connectivity index (χ3v) is 3.04. The molecule has 0 aliphatic carbocycles. The quantitative estimate of drug-likeness (QED) is 0.833. The van der Waals surface area contributed by atoms with Gasteiger partial charge in [0.05, 0.1) is 12.1 Å². The van der Waals surface area contributed by atoms with Crippen LogP contribution in [-0.2, 0) is 0 Å². The first-order valence-electron chi connectivity index (χ1n) is 4.05. The van der Waals surface area contributed by atoms with Gasteiger partial charge in [0.2, 0.25) is 0 Å². The number of anilines is 1. The average molecular weight is 232 g/mol. The summed E-state index contributed by atoms with van der Waals surface area (Å²) in [5.41, 5.74) is 0. The number of hydrogen-bond acceptors (Lipinski definition) is 5. The maximum atomic E-state index is 9.23. The van der Waals surface area contributed by atoms with E-state index in [0.29, 0.717) is 10.0 Å². The first-order chi connectivity index (χ1) is 6.54. The van der Waals surface area contributed by atoms with Gasteiger partial charge < -0.3 is 10.4 Å². The molecule has 0 amide bonds. The van der Waals surface area contributed by atoms with Crippen molar-refractivity contribution in [2.75, 3.05) is 5.32 Å². The summed E-state index contributed by atoms with van der Waals surface area (Å²) in [4.78, 5) is 4.32. The number of aliphatic hydroxyl groups is 1. The second-order valence-electron chi connectivity index (χ2n) is 2.92. The first-order valence-corrected chi connectivity index (χ1v) is 5.25. The van der Waals surface area contributed by atoms with Crippen LogP contribution in [0.3, 0.4) is 0 Å². The normalized spacial score (nSPS) is 14.5. The molecule has 0 radical (unpaired) electrons. The van der Waals surface area contributed by atoms with E-state index < -0.39 is 6.10 Å². The second kappa shape index (κ2) is 4.60. The third kappa shape index (κ3) is 2.58. The molecule has 0 aliphatic rings. The first kappa shape index (κ1) is 11.2. The van der Waals surface area contributed by atoms with Crippen molar-refractivity contribution in [1.29, 1.82) is 5.26 Å². The molecule has 14 heavy (non-hydrogen) atoms. The Labute approximate surface area is 91.2 Å². The molecular weight excluding hydrogens is 222 g/mol. The molecular formula is C8H10ClN3OS. The number of rotatable bonds is 3. The predicted octanol–water partition coefficient (Wildman–Crippen LogP) is 1.85. The van der Waals surface area contributed by atoms with Crippen molar-refractivity contribution >= 4 is 28.1 Å². The standard InChI is InChI=1S/C8H10ClN3OS/c1-4(5(2)13)11-8-12-7(9)6(3-10)14-8/h4-5,13H,1-2H3,(H,11,12). The summed E-state index contributed by atoms with van der Waals surface area (Å²) in [6.45, 7) is 3.50. The lowest BCUT2D eigenvalue weighted by molar-refractivity contribution is 0.178. The van der Waals surface area contributed by atoms with Crippen molar-refractivity contribution < 1.29 is 5.11 Å². The third-order valence-electron chi connectivity index (χ3n) is 1.76. The average Bonchev–Trinajstić information content (AvgIpc) is 2.45. The Morgan fingerprint density at radius 3 is 2.71 bits per heavy atom. The molecule has 2 unspecified atom stereocenters. The molecule has 1 heterocycles. The number of nitrogens with one attached hydrogen (secondary N) is 1. The van der Waals surface area contributed by atoms with Crippen molar-refractivity contribution in [2.24, 2.45) is 0 Å². The van der Waals surface area contributed by atoms with Gasteiger partial charge in [-0.3, -0.25) is 0 Å². The molecule has 0 aliphatic heterocycles. The number of hydrogen-bond donors (Lipinski definition) is 2. The van der Waals surface area contributed by atoms with Gasteiger partial charge in [0.25, 0.3) is 0 Å². The van der Waals surface area contributed by atoms with E-state index >= 15 is 0 Å². The Balaban J connectivity index is 2.74. The van der Waals surface area contributed by atoms with E-state index in [4.69, 9.17) is 16.9 Å². The van der Waals surface area contributed by atoms with Gasteiger partial charge in [0, 0.05) is 0 Å². The van der Waals surface area contributed by atoms with Crippen LogP contribution < -0.4 is 5.32 Å². The fraction of sp³-hybridized carbons (Fsp3) is 0.500. The van der Waals surface area contributed by atoms with E-state index in [1.807, 2.05) is 13.0 Å². The highest BCUT2D eigenvalue weighted by Crippen LogP contribution is 2.26. The highest BCUT2D eigenvalue weighted by molar-refractivity contribution is 7.16. The number of thiazole rings is 1. The van der Waals surface area contributed by atoms with E-state index in [2.05, 4.69) is 10.3 Å².